The zero-order chi connectivity index (χ0) is 16.5. The monoisotopic (exact) mass is 334 g/mol. The highest BCUT2D eigenvalue weighted by molar-refractivity contribution is 6.17. The first kappa shape index (κ1) is 17.9. The SMILES string of the molecule is COc1ccc2c(C)c(OCCCCCCCCCl)ccc2c1. The first-order chi connectivity index (χ1) is 11.3. The first-order valence-corrected chi connectivity index (χ1v) is 9.06. The smallest absolute Gasteiger partial charge is 0.122 e. The molecule has 0 fully saturated rings. The van der Waals surface area contributed by atoms with Crippen LogP contribution in [0.5, 0.6) is 11.5 Å². The Morgan fingerprint density at radius 3 is 2.39 bits per heavy atom. The molecule has 0 heterocycles. The van der Waals surface area contributed by atoms with Gasteiger partial charge in [0.15, 0.2) is 0 Å². The molecule has 0 saturated carbocycles. The van der Waals surface area contributed by atoms with E-state index in [-0.39, 0.29) is 0 Å². The first-order valence-electron chi connectivity index (χ1n) is 8.52. The van der Waals surface area contributed by atoms with Gasteiger partial charge in [-0.3, -0.25) is 0 Å². The lowest BCUT2D eigenvalue weighted by molar-refractivity contribution is 0.303. The van der Waals surface area contributed by atoms with Crippen molar-refractivity contribution in [2.24, 2.45) is 0 Å². The number of fused-ring (bicyclic) bond motifs is 1. The van der Waals surface area contributed by atoms with Crippen LogP contribution in [0.25, 0.3) is 10.8 Å². The molecule has 2 aromatic rings. The fourth-order valence-corrected chi connectivity index (χ4v) is 3.00. The lowest BCUT2D eigenvalue weighted by Gasteiger charge is -2.12. The van der Waals surface area contributed by atoms with Crippen LogP contribution in [0.2, 0.25) is 0 Å². The molecule has 0 amide bonds. The number of halogens is 1. The van der Waals surface area contributed by atoms with E-state index >= 15 is 0 Å². The van der Waals surface area contributed by atoms with Crippen molar-refractivity contribution >= 4 is 22.4 Å². The topological polar surface area (TPSA) is 18.5 Å². The summed E-state index contributed by atoms with van der Waals surface area (Å²) in [5.74, 6) is 2.67. The lowest BCUT2D eigenvalue weighted by atomic mass is 10.0. The maximum absolute atomic E-state index is 5.98. The molecule has 0 aromatic heterocycles. The van der Waals surface area contributed by atoms with E-state index in [1.807, 2.05) is 6.07 Å². The van der Waals surface area contributed by atoms with E-state index in [0.717, 1.165) is 36.8 Å². The van der Waals surface area contributed by atoms with E-state index < -0.39 is 0 Å². The van der Waals surface area contributed by atoms with Gasteiger partial charge in [-0.05, 0) is 54.3 Å². The summed E-state index contributed by atoms with van der Waals surface area (Å²) in [5.41, 5.74) is 1.20. The lowest BCUT2D eigenvalue weighted by Crippen LogP contribution is -1.99. The molecular formula is C20H27ClO2. The second-order valence-electron chi connectivity index (χ2n) is 5.93. The van der Waals surface area contributed by atoms with Crippen molar-refractivity contribution in [3.63, 3.8) is 0 Å². The molecule has 0 spiro atoms. The Kier molecular flexibility index (Phi) is 7.54. The largest absolute Gasteiger partial charge is 0.497 e. The van der Waals surface area contributed by atoms with Gasteiger partial charge >= 0.3 is 0 Å². The average molecular weight is 335 g/mol. The van der Waals surface area contributed by atoms with E-state index in [2.05, 4.69) is 31.2 Å². The number of ether oxygens (including phenoxy) is 2. The van der Waals surface area contributed by atoms with Crippen LogP contribution in [0.4, 0.5) is 0 Å². The third-order valence-corrected chi connectivity index (χ3v) is 4.50. The van der Waals surface area contributed by atoms with Crippen molar-refractivity contribution in [2.75, 3.05) is 19.6 Å². The van der Waals surface area contributed by atoms with Crippen molar-refractivity contribution in [3.8, 4) is 11.5 Å². The molecule has 2 aromatic carbocycles. The molecule has 23 heavy (non-hydrogen) atoms. The van der Waals surface area contributed by atoms with E-state index in [0.29, 0.717) is 0 Å². The summed E-state index contributed by atoms with van der Waals surface area (Å²) in [6.07, 6.45) is 7.28. The minimum absolute atomic E-state index is 0.788. The summed E-state index contributed by atoms with van der Waals surface area (Å²) in [6.45, 7) is 2.91. The maximum atomic E-state index is 5.98. The normalized spacial score (nSPS) is 10.9. The van der Waals surface area contributed by atoms with Crippen LogP contribution in [0.3, 0.4) is 0 Å². The van der Waals surface area contributed by atoms with Crippen LogP contribution in [0.15, 0.2) is 30.3 Å². The van der Waals surface area contributed by atoms with Crippen molar-refractivity contribution < 1.29 is 9.47 Å². The van der Waals surface area contributed by atoms with Crippen LogP contribution in [-0.4, -0.2) is 19.6 Å². The van der Waals surface area contributed by atoms with Gasteiger partial charge in [0.05, 0.1) is 13.7 Å². The molecule has 0 N–H and O–H groups in total. The van der Waals surface area contributed by atoms with Crippen LogP contribution >= 0.6 is 11.6 Å². The number of hydrogen-bond donors (Lipinski definition) is 0. The molecule has 2 nitrogen and oxygen atoms in total. The van der Waals surface area contributed by atoms with Gasteiger partial charge < -0.3 is 9.47 Å². The second kappa shape index (κ2) is 9.67. The molecular weight excluding hydrogens is 308 g/mol. The molecule has 0 aliphatic carbocycles. The Morgan fingerprint density at radius 2 is 1.65 bits per heavy atom. The fraction of sp³-hybridized carbons (Fsp3) is 0.500. The molecule has 2 rings (SSSR count). The van der Waals surface area contributed by atoms with Crippen molar-refractivity contribution in [3.05, 3.63) is 35.9 Å². The standard InChI is InChI=1S/C20H27ClO2/c1-16-19-11-10-18(22-2)15-17(19)9-12-20(16)23-14-8-6-4-3-5-7-13-21/h9-12,15H,3-8,13-14H2,1-2H3. The van der Waals surface area contributed by atoms with Crippen LogP contribution in [0, 0.1) is 6.92 Å². The fourth-order valence-electron chi connectivity index (χ4n) is 2.81. The van der Waals surface area contributed by atoms with Gasteiger partial charge in [0, 0.05) is 5.88 Å². The summed E-state index contributed by atoms with van der Waals surface area (Å²) in [6, 6.07) is 10.3. The summed E-state index contributed by atoms with van der Waals surface area (Å²) >= 11 is 5.68. The average Bonchev–Trinajstić information content (AvgIpc) is 2.58. The molecule has 126 valence electrons. The van der Waals surface area contributed by atoms with Crippen LogP contribution in [0.1, 0.15) is 44.1 Å². The molecule has 0 unspecified atom stereocenters. The van der Waals surface area contributed by atoms with Gasteiger partial charge in [-0.2, -0.15) is 0 Å². The van der Waals surface area contributed by atoms with Gasteiger partial charge in [-0.15, -0.1) is 11.6 Å². The second-order valence-corrected chi connectivity index (χ2v) is 6.31. The summed E-state index contributed by atoms with van der Waals surface area (Å²) in [5, 5.41) is 2.41. The third kappa shape index (κ3) is 5.31. The molecule has 0 radical (unpaired) electrons. The highest BCUT2D eigenvalue weighted by atomic mass is 35.5. The molecule has 0 bridgehead atoms. The highest BCUT2D eigenvalue weighted by Crippen LogP contribution is 2.29. The quantitative estimate of drug-likeness (QED) is 0.385. The van der Waals surface area contributed by atoms with Gasteiger partial charge in [0.1, 0.15) is 11.5 Å². The van der Waals surface area contributed by atoms with Crippen molar-refractivity contribution in [1.82, 2.24) is 0 Å². The van der Waals surface area contributed by atoms with Gasteiger partial charge in [0.25, 0.3) is 0 Å². The predicted molar refractivity (Wildman–Crippen MR) is 99.2 cm³/mol. The van der Waals surface area contributed by atoms with E-state index in [1.165, 1.54) is 42.0 Å². The van der Waals surface area contributed by atoms with E-state index in [4.69, 9.17) is 21.1 Å². The molecule has 0 aliphatic heterocycles. The molecule has 3 heteroatoms. The number of benzene rings is 2. The van der Waals surface area contributed by atoms with Gasteiger partial charge in [0.2, 0.25) is 0 Å². The Bertz CT molecular complexity index is 610. The van der Waals surface area contributed by atoms with Crippen molar-refractivity contribution in [1.29, 1.82) is 0 Å². The summed E-state index contributed by atoms with van der Waals surface area (Å²) in [7, 11) is 1.70. The van der Waals surface area contributed by atoms with Gasteiger partial charge in [-0.25, -0.2) is 0 Å². The van der Waals surface area contributed by atoms with E-state index in [1.54, 1.807) is 7.11 Å². The number of unbranched alkanes of at least 4 members (excludes halogenated alkanes) is 5. The Balaban J connectivity index is 1.83. The number of alkyl halides is 1. The minimum Gasteiger partial charge on any atom is -0.497 e. The van der Waals surface area contributed by atoms with Gasteiger partial charge in [-0.1, -0.05) is 37.8 Å². The highest BCUT2D eigenvalue weighted by Gasteiger charge is 2.05. The number of hydrogen-bond acceptors (Lipinski definition) is 2. The molecule has 0 atom stereocenters. The third-order valence-electron chi connectivity index (χ3n) is 4.23. The van der Waals surface area contributed by atoms with Crippen LogP contribution in [-0.2, 0) is 0 Å². The Morgan fingerprint density at radius 1 is 0.913 bits per heavy atom. The zero-order valence-electron chi connectivity index (χ0n) is 14.2. The zero-order valence-corrected chi connectivity index (χ0v) is 15.0. The van der Waals surface area contributed by atoms with E-state index in [9.17, 15) is 0 Å². The number of rotatable bonds is 10. The van der Waals surface area contributed by atoms with Crippen LogP contribution < -0.4 is 9.47 Å². The van der Waals surface area contributed by atoms with Crippen molar-refractivity contribution in [2.45, 2.75) is 45.4 Å². The maximum Gasteiger partial charge on any atom is 0.122 e. The summed E-state index contributed by atoms with van der Waals surface area (Å²) < 4.78 is 11.3. The Hall–Kier alpha value is -1.41. The molecule has 0 aliphatic rings. The number of aryl methyl sites for hydroxylation is 1. The predicted octanol–water partition coefficient (Wildman–Crippen LogP) is 6.12. The number of methoxy groups -OCH3 is 1. The Labute approximate surface area is 144 Å². The minimum atomic E-state index is 0.788. The molecule has 0 saturated heterocycles. The summed E-state index contributed by atoms with van der Waals surface area (Å²) in [4.78, 5) is 0.